The monoisotopic (exact) mass is 249 g/mol. The molecule has 0 aromatic heterocycles. The molecule has 1 saturated carbocycles. The average Bonchev–Trinajstić information content (AvgIpc) is 2.92. The van der Waals surface area contributed by atoms with Gasteiger partial charge < -0.3 is 4.74 Å². The van der Waals surface area contributed by atoms with Crippen molar-refractivity contribution in [3.63, 3.8) is 0 Å². The van der Waals surface area contributed by atoms with Gasteiger partial charge in [-0.05, 0) is 24.5 Å². The normalized spacial score (nSPS) is 15.8. The highest BCUT2D eigenvalue weighted by Crippen LogP contribution is 2.20. The number of ether oxygens (including phenoxy) is 1. The minimum absolute atomic E-state index is 0.312. The van der Waals surface area contributed by atoms with Gasteiger partial charge in [0.15, 0.2) is 0 Å². The van der Waals surface area contributed by atoms with Crippen molar-refractivity contribution < 1.29 is 14.4 Å². The predicted octanol–water partition coefficient (Wildman–Crippen LogP) is 2.44. The van der Waals surface area contributed by atoms with E-state index < -0.39 is 0 Å². The van der Waals surface area contributed by atoms with Crippen LogP contribution in [-0.2, 0) is 16.1 Å². The van der Waals surface area contributed by atoms with Gasteiger partial charge in [0.25, 0.3) is 0 Å². The van der Waals surface area contributed by atoms with Crippen LogP contribution < -0.4 is 5.48 Å². The molecule has 1 aromatic rings. The van der Waals surface area contributed by atoms with Crippen molar-refractivity contribution >= 4 is 5.97 Å². The fourth-order valence-corrected chi connectivity index (χ4v) is 2.23. The van der Waals surface area contributed by atoms with Gasteiger partial charge in [0.1, 0.15) is 0 Å². The highest BCUT2D eigenvalue weighted by Gasteiger charge is 2.16. The Kier molecular flexibility index (Phi) is 4.73. The van der Waals surface area contributed by atoms with Crippen LogP contribution in [0.3, 0.4) is 0 Å². The van der Waals surface area contributed by atoms with Crippen LogP contribution in [0.4, 0.5) is 0 Å². The zero-order chi connectivity index (χ0) is 12.8. The van der Waals surface area contributed by atoms with Crippen molar-refractivity contribution in [1.29, 1.82) is 0 Å². The van der Waals surface area contributed by atoms with Gasteiger partial charge in [0.05, 0.1) is 18.8 Å². The first-order chi connectivity index (χ1) is 8.81. The molecule has 0 atom stereocenters. The molecule has 1 aliphatic carbocycles. The first-order valence-corrected chi connectivity index (χ1v) is 6.36. The minimum atomic E-state index is -0.312. The van der Waals surface area contributed by atoms with Crippen LogP contribution in [0, 0.1) is 0 Å². The molecule has 0 radical (unpaired) electrons. The summed E-state index contributed by atoms with van der Waals surface area (Å²) in [6.45, 7) is 0.516. The number of esters is 1. The van der Waals surface area contributed by atoms with E-state index in [0.29, 0.717) is 18.2 Å². The third-order valence-electron chi connectivity index (χ3n) is 3.24. The average molecular weight is 249 g/mol. The number of rotatable bonds is 5. The number of hydrogen-bond donors (Lipinski definition) is 1. The lowest BCUT2D eigenvalue weighted by Crippen LogP contribution is -2.22. The summed E-state index contributed by atoms with van der Waals surface area (Å²) >= 11 is 0. The highest BCUT2D eigenvalue weighted by molar-refractivity contribution is 5.90. The lowest BCUT2D eigenvalue weighted by molar-refractivity contribution is -0.0245. The number of hydrogen-bond acceptors (Lipinski definition) is 4. The molecule has 1 aliphatic rings. The second-order valence-electron chi connectivity index (χ2n) is 4.49. The lowest BCUT2D eigenvalue weighted by Gasteiger charge is -2.13. The quantitative estimate of drug-likeness (QED) is 0.643. The van der Waals surface area contributed by atoms with E-state index in [-0.39, 0.29) is 5.97 Å². The molecule has 0 aliphatic heterocycles. The first kappa shape index (κ1) is 13.1. The van der Waals surface area contributed by atoms with Crippen LogP contribution in [0.1, 0.15) is 41.6 Å². The van der Waals surface area contributed by atoms with Gasteiger partial charge >= 0.3 is 5.97 Å². The Bertz CT molecular complexity index is 400. The van der Waals surface area contributed by atoms with Gasteiger partial charge in [-0.15, -0.1) is 0 Å². The number of benzene rings is 1. The Morgan fingerprint density at radius 1 is 1.33 bits per heavy atom. The summed E-state index contributed by atoms with van der Waals surface area (Å²) in [5.41, 5.74) is 4.43. The summed E-state index contributed by atoms with van der Waals surface area (Å²) in [6, 6.07) is 7.39. The molecule has 0 heterocycles. The number of methoxy groups -OCH3 is 1. The van der Waals surface area contributed by atoms with Gasteiger partial charge in [-0.3, -0.25) is 4.84 Å². The summed E-state index contributed by atoms with van der Waals surface area (Å²) in [5, 5.41) is 0. The van der Waals surface area contributed by atoms with Gasteiger partial charge in [-0.1, -0.05) is 31.0 Å². The van der Waals surface area contributed by atoms with E-state index in [1.807, 2.05) is 18.2 Å². The third kappa shape index (κ3) is 3.31. The Hall–Kier alpha value is -1.39. The van der Waals surface area contributed by atoms with E-state index in [0.717, 1.165) is 18.4 Å². The molecule has 0 saturated heterocycles. The Balaban J connectivity index is 1.89. The fourth-order valence-electron chi connectivity index (χ4n) is 2.23. The van der Waals surface area contributed by atoms with Gasteiger partial charge in [0, 0.05) is 6.54 Å². The molecule has 0 bridgehead atoms. The number of carbonyl (C=O) groups excluding carboxylic acids is 1. The molecule has 98 valence electrons. The van der Waals surface area contributed by atoms with Gasteiger partial charge in [-0.2, -0.15) is 5.48 Å². The summed E-state index contributed by atoms with van der Waals surface area (Å²) < 4.78 is 4.75. The van der Waals surface area contributed by atoms with Crippen LogP contribution in [0.25, 0.3) is 0 Å². The van der Waals surface area contributed by atoms with Crippen LogP contribution in [0.15, 0.2) is 24.3 Å². The first-order valence-electron chi connectivity index (χ1n) is 6.36. The van der Waals surface area contributed by atoms with E-state index in [1.165, 1.54) is 20.0 Å². The summed E-state index contributed by atoms with van der Waals surface area (Å²) in [6.07, 6.45) is 5.03. The van der Waals surface area contributed by atoms with Crippen LogP contribution in [0.2, 0.25) is 0 Å². The molecule has 1 N–H and O–H groups in total. The molecule has 18 heavy (non-hydrogen) atoms. The SMILES string of the molecule is COC(=O)c1ccccc1CNOC1CCCC1. The Morgan fingerprint density at radius 2 is 2.06 bits per heavy atom. The third-order valence-corrected chi connectivity index (χ3v) is 3.24. The molecule has 1 fully saturated rings. The molecular formula is C14H19NO3. The highest BCUT2D eigenvalue weighted by atomic mass is 16.7. The molecule has 0 unspecified atom stereocenters. The molecular weight excluding hydrogens is 230 g/mol. The Labute approximate surface area is 107 Å². The Morgan fingerprint density at radius 3 is 2.78 bits per heavy atom. The van der Waals surface area contributed by atoms with Crippen molar-refractivity contribution in [1.82, 2.24) is 5.48 Å². The van der Waals surface area contributed by atoms with Gasteiger partial charge in [-0.25, -0.2) is 4.79 Å². The zero-order valence-corrected chi connectivity index (χ0v) is 10.6. The molecule has 4 nitrogen and oxygen atoms in total. The van der Waals surface area contributed by atoms with Gasteiger partial charge in [0.2, 0.25) is 0 Å². The maximum atomic E-state index is 11.6. The van der Waals surface area contributed by atoms with Crippen LogP contribution >= 0.6 is 0 Å². The van der Waals surface area contributed by atoms with E-state index in [2.05, 4.69) is 5.48 Å². The standard InChI is InChI=1S/C14H19NO3/c1-17-14(16)13-9-5-2-6-11(13)10-15-18-12-7-3-4-8-12/h2,5-6,9,12,15H,3-4,7-8,10H2,1H3. The maximum Gasteiger partial charge on any atom is 0.338 e. The van der Waals surface area contributed by atoms with Crippen molar-refractivity contribution in [3.8, 4) is 0 Å². The van der Waals surface area contributed by atoms with Crippen molar-refractivity contribution in [2.75, 3.05) is 7.11 Å². The summed E-state index contributed by atoms with van der Waals surface area (Å²) in [4.78, 5) is 17.1. The molecule has 4 heteroatoms. The van der Waals surface area contributed by atoms with Crippen molar-refractivity contribution in [3.05, 3.63) is 35.4 Å². The number of nitrogens with one attached hydrogen (secondary N) is 1. The van der Waals surface area contributed by atoms with Crippen molar-refractivity contribution in [2.24, 2.45) is 0 Å². The van der Waals surface area contributed by atoms with E-state index >= 15 is 0 Å². The van der Waals surface area contributed by atoms with E-state index in [9.17, 15) is 4.79 Å². The smallest absolute Gasteiger partial charge is 0.338 e. The molecule has 0 spiro atoms. The van der Waals surface area contributed by atoms with Crippen LogP contribution in [-0.4, -0.2) is 19.2 Å². The second-order valence-corrected chi connectivity index (χ2v) is 4.49. The molecule has 1 aromatic carbocycles. The molecule has 2 rings (SSSR count). The van der Waals surface area contributed by atoms with E-state index in [1.54, 1.807) is 6.07 Å². The summed E-state index contributed by atoms with van der Waals surface area (Å²) in [7, 11) is 1.39. The lowest BCUT2D eigenvalue weighted by atomic mass is 10.1. The minimum Gasteiger partial charge on any atom is -0.465 e. The zero-order valence-electron chi connectivity index (χ0n) is 10.6. The summed E-state index contributed by atoms with van der Waals surface area (Å²) in [5.74, 6) is -0.312. The maximum absolute atomic E-state index is 11.6. The fraction of sp³-hybridized carbons (Fsp3) is 0.500. The largest absolute Gasteiger partial charge is 0.465 e. The van der Waals surface area contributed by atoms with Crippen molar-refractivity contribution in [2.45, 2.75) is 38.3 Å². The van der Waals surface area contributed by atoms with Crippen LogP contribution in [0.5, 0.6) is 0 Å². The van der Waals surface area contributed by atoms with E-state index in [4.69, 9.17) is 9.57 Å². The predicted molar refractivity (Wildman–Crippen MR) is 68.0 cm³/mol. The number of carbonyl (C=O) groups is 1. The topological polar surface area (TPSA) is 47.6 Å². The second kappa shape index (κ2) is 6.52. The molecule has 0 amide bonds. The number of hydroxylamine groups is 1.